The summed E-state index contributed by atoms with van der Waals surface area (Å²) in [5.41, 5.74) is 7.85. The van der Waals surface area contributed by atoms with Gasteiger partial charge in [-0.25, -0.2) is 0 Å². The zero-order valence-corrected chi connectivity index (χ0v) is 8.66. The Morgan fingerprint density at radius 1 is 1.43 bits per heavy atom. The molecule has 1 rings (SSSR count). The van der Waals surface area contributed by atoms with E-state index in [-0.39, 0.29) is 12.6 Å². The van der Waals surface area contributed by atoms with Crippen molar-refractivity contribution in [3.05, 3.63) is 29.3 Å². The molecular formula is C11H17NO2. The van der Waals surface area contributed by atoms with Crippen LogP contribution < -0.4 is 10.5 Å². The van der Waals surface area contributed by atoms with Crippen LogP contribution >= 0.6 is 0 Å². The standard InChI is InChI=1S/C11H17NO2/c1-8-4-3-5-11(9(8)2)14-7-10(12)6-13/h3-5,10,13H,6-7,12H2,1-2H3. The van der Waals surface area contributed by atoms with Gasteiger partial charge in [0, 0.05) is 0 Å². The third-order valence-corrected chi connectivity index (χ3v) is 2.24. The molecule has 0 aliphatic heterocycles. The van der Waals surface area contributed by atoms with Gasteiger partial charge in [0.05, 0.1) is 12.6 Å². The van der Waals surface area contributed by atoms with Crippen LogP contribution in [0.2, 0.25) is 0 Å². The number of aliphatic hydroxyl groups excluding tert-OH is 1. The molecule has 0 saturated carbocycles. The third kappa shape index (κ3) is 2.72. The summed E-state index contributed by atoms with van der Waals surface area (Å²) in [6.07, 6.45) is 0. The topological polar surface area (TPSA) is 55.5 Å². The molecular weight excluding hydrogens is 178 g/mol. The Morgan fingerprint density at radius 3 is 2.79 bits per heavy atom. The Bertz CT molecular complexity index is 299. The Morgan fingerprint density at radius 2 is 2.14 bits per heavy atom. The lowest BCUT2D eigenvalue weighted by Gasteiger charge is -2.13. The predicted octanol–water partition coefficient (Wildman–Crippen LogP) is 1.00. The van der Waals surface area contributed by atoms with Gasteiger partial charge in [0.25, 0.3) is 0 Å². The molecule has 0 heterocycles. The average molecular weight is 195 g/mol. The van der Waals surface area contributed by atoms with Crippen molar-refractivity contribution in [2.24, 2.45) is 5.73 Å². The number of ether oxygens (including phenoxy) is 1. The summed E-state index contributed by atoms with van der Waals surface area (Å²) in [6.45, 7) is 4.34. The molecule has 1 atom stereocenters. The minimum absolute atomic E-state index is 0.0507. The molecule has 1 aromatic rings. The first kappa shape index (κ1) is 11.0. The van der Waals surface area contributed by atoms with Gasteiger partial charge in [-0.2, -0.15) is 0 Å². The summed E-state index contributed by atoms with van der Waals surface area (Å²) in [6, 6.07) is 5.58. The molecule has 78 valence electrons. The van der Waals surface area contributed by atoms with Gasteiger partial charge in [0.1, 0.15) is 12.4 Å². The average Bonchev–Trinajstić information content (AvgIpc) is 2.20. The van der Waals surface area contributed by atoms with Crippen molar-refractivity contribution in [1.82, 2.24) is 0 Å². The van der Waals surface area contributed by atoms with E-state index in [0.29, 0.717) is 6.61 Å². The van der Waals surface area contributed by atoms with Crippen molar-refractivity contribution in [2.75, 3.05) is 13.2 Å². The van der Waals surface area contributed by atoms with Crippen LogP contribution in [-0.4, -0.2) is 24.4 Å². The second kappa shape index (κ2) is 4.98. The monoisotopic (exact) mass is 195 g/mol. The number of benzene rings is 1. The first-order valence-corrected chi connectivity index (χ1v) is 4.70. The molecule has 0 fully saturated rings. The summed E-state index contributed by atoms with van der Waals surface area (Å²) in [5.74, 6) is 0.842. The largest absolute Gasteiger partial charge is 0.492 e. The maximum absolute atomic E-state index is 8.73. The van der Waals surface area contributed by atoms with E-state index in [1.165, 1.54) is 5.56 Å². The Labute approximate surface area is 84.5 Å². The molecule has 0 amide bonds. The lowest BCUT2D eigenvalue weighted by Crippen LogP contribution is -2.31. The molecule has 0 radical (unpaired) electrons. The van der Waals surface area contributed by atoms with Crippen molar-refractivity contribution in [3.63, 3.8) is 0 Å². The van der Waals surface area contributed by atoms with E-state index >= 15 is 0 Å². The number of aliphatic hydroxyl groups is 1. The summed E-state index contributed by atoms with van der Waals surface area (Å²) >= 11 is 0. The Hall–Kier alpha value is -1.06. The van der Waals surface area contributed by atoms with Crippen LogP contribution in [0.25, 0.3) is 0 Å². The van der Waals surface area contributed by atoms with Crippen LogP contribution in [0.5, 0.6) is 5.75 Å². The lowest BCUT2D eigenvalue weighted by molar-refractivity contribution is 0.206. The van der Waals surface area contributed by atoms with E-state index < -0.39 is 0 Å². The SMILES string of the molecule is Cc1cccc(OCC(N)CO)c1C. The highest BCUT2D eigenvalue weighted by atomic mass is 16.5. The molecule has 3 heteroatoms. The second-order valence-electron chi connectivity index (χ2n) is 3.45. The van der Waals surface area contributed by atoms with E-state index in [9.17, 15) is 0 Å². The van der Waals surface area contributed by atoms with Crippen LogP contribution in [-0.2, 0) is 0 Å². The zero-order valence-electron chi connectivity index (χ0n) is 8.66. The number of hydrogen-bond acceptors (Lipinski definition) is 3. The van der Waals surface area contributed by atoms with Crippen molar-refractivity contribution in [1.29, 1.82) is 0 Å². The smallest absolute Gasteiger partial charge is 0.122 e. The lowest BCUT2D eigenvalue weighted by atomic mass is 10.1. The Kier molecular flexibility index (Phi) is 3.92. The molecule has 0 aromatic heterocycles. The molecule has 1 unspecified atom stereocenters. The van der Waals surface area contributed by atoms with E-state index in [4.69, 9.17) is 15.6 Å². The number of rotatable bonds is 4. The van der Waals surface area contributed by atoms with E-state index in [2.05, 4.69) is 0 Å². The summed E-state index contributed by atoms with van der Waals surface area (Å²) < 4.78 is 5.49. The fourth-order valence-electron chi connectivity index (χ4n) is 1.13. The third-order valence-electron chi connectivity index (χ3n) is 2.24. The molecule has 3 nitrogen and oxygen atoms in total. The Balaban J connectivity index is 2.63. The van der Waals surface area contributed by atoms with Gasteiger partial charge in [0.2, 0.25) is 0 Å². The highest BCUT2D eigenvalue weighted by Crippen LogP contribution is 2.20. The van der Waals surface area contributed by atoms with Crippen molar-refractivity contribution in [3.8, 4) is 5.75 Å². The quantitative estimate of drug-likeness (QED) is 0.753. The van der Waals surface area contributed by atoms with Gasteiger partial charge in [-0.1, -0.05) is 12.1 Å². The summed E-state index contributed by atoms with van der Waals surface area (Å²) in [5, 5.41) is 8.73. The van der Waals surface area contributed by atoms with Crippen LogP contribution in [0.4, 0.5) is 0 Å². The molecule has 0 bridgehead atoms. The van der Waals surface area contributed by atoms with Gasteiger partial charge in [-0.15, -0.1) is 0 Å². The fourth-order valence-corrected chi connectivity index (χ4v) is 1.13. The van der Waals surface area contributed by atoms with Crippen LogP contribution in [0.3, 0.4) is 0 Å². The van der Waals surface area contributed by atoms with Gasteiger partial charge in [0.15, 0.2) is 0 Å². The van der Waals surface area contributed by atoms with E-state index in [0.717, 1.165) is 11.3 Å². The van der Waals surface area contributed by atoms with E-state index in [1.54, 1.807) is 0 Å². The molecule has 3 N–H and O–H groups in total. The molecule has 0 aliphatic rings. The number of aryl methyl sites for hydroxylation is 1. The maximum Gasteiger partial charge on any atom is 0.122 e. The van der Waals surface area contributed by atoms with Gasteiger partial charge in [-0.3, -0.25) is 0 Å². The molecule has 0 spiro atoms. The van der Waals surface area contributed by atoms with Crippen molar-refractivity contribution >= 4 is 0 Å². The van der Waals surface area contributed by atoms with Crippen LogP contribution in [0.15, 0.2) is 18.2 Å². The predicted molar refractivity (Wildman–Crippen MR) is 56.5 cm³/mol. The summed E-state index contributed by atoms with van der Waals surface area (Å²) in [7, 11) is 0. The number of hydrogen-bond donors (Lipinski definition) is 2. The molecule has 1 aromatic carbocycles. The zero-order chi connectivity index (χ0) is 10.6. The first-order valence-electron chi connectivity index (χ1n) is 4.70. The highest BCUT2D eigenvalue weighted by molar-refractivity contribution is 5.38. The number of nitrogens with two attached hydrogens (primary N) is 1. The second-order valence-corrected chi connectivity index (χ2v) is 3.45. The molecule has 0 saturated heterocycles. The summed E-state index contributed by atoms with van der Waals surface area (Å²) in [4.78, 5) is 0. The van der Waals surface area contributed by atoms with Gasteiger partial charge in [-0.05, 0) is 31.0 Å². The molecule has 14 heavy (non-hydrogen) atoms. The minimum Gasteiger partial charge on any atom is -0.492 e. The van der Waals surface area contributed by atoms with Gasteiger partial charge >= 0.3 is 0 Å². The van der Waals surface area contributed by atoms with Crippen molar-refractivity contribution < 1.29 is 9.84 Å². The van der Waals surface area contributed by atoms with Crippen LogP contribution in [0, 0.1) is 13.8 Å². The molecule has 0 aliphatic carbocycles. The van der Waals surface area contributed by atoms with E-state index in [1.807, 2.05) is 32.0 Å². The minimum atomic E-state index is -0.310. The fraction of sp³-hybridized carbons (Fsp3) is 0.455. The van der Waals surface area contributed by atoms with Gasteiger partial charge < -0.3 is 15.6 Å². The normalized spacial score (nSPS) is 12.6. The highest BCUT2D eigenvalue weighted by Gasteiger charge is 2.04. The maximum atomic E-state index is 8.73. The van der Waals surface area contributed by atoms with Crippen molar-refractivity contribution in [2.45, 2.75) is 19.9 Å². The van der Waals surface area contributed by atoms with Crippen LogP contribution in [0.1, 0.15) is 11.1 Å². The first-order chi connectivity index (χ1) is 6.65.